The number of hydrogen-bond acceptors (Lipinski definition) is 5. The zero-order valence-corrected chi connectivity index (χ0v) is 19.0. The van der Waals surface area contributed by atoms with E-state index < -0.39 is 16.1 Å². The molecule has 32 heavy (non-hydrogen) atoms. The van der Waals surface area contributed by atoms with E-state index in [0.717, 1.165) is 11.8 Å². The molecule has 2 aromatic carbocycles. The van der Waals surface area contributed by atoms with E-state index in [4.69, 9.17) is 4.74 Å². The molecule has 172 valence electrons. The fraction of sp³-hybridized carbons (Fsp3) is 0.391. The van der Waals surface area contributed by atoms with E-state index >= 15 is 0 Å². The molecule has 0 radical (unpaired) electrons. The maximum absolute atomic E-state index is 12.7. The minimum Gasteiger partial charge on any atom is -0.484 e. The van der Waals surface area contributed by atoms with Crippen LogP contribution >= 0.6 is 0 Å². The van der Waals surface area contributed by atoms with E-state index in [9.17, 15) is 18.0 Å². The third-order valence-corrected chi connectivity index (χ3v) is 6.59. The topological polar surface area (TPSA) is 96.0 Å². The van der Waals surface area contributed by atoms with Gasteiger partial charge in [0.25, 0.3) is 5.91 Å². The van der Waals surface area contributed by atoms with E-state index in [2.05, 4.69) is 5.32 Å². The first-order chi connectivity index (χ1) is 15.3. The van der Waals surface area contributed by atoms with E-state index in [1.165, 1.54) is 4.31 Å². The van der Waals surface area contributed by atoms with Crippen molar-refractivity contribution in [3.63, 3.8) is 0 Å². The van der Waals surface area contributed by atoms with Crippen LogP contribution in [-0.4, -0.2) is 68.5 Å². The van der Waals surface area contributed by atoms with Gasteiger partial charge in [-0.2, -0.15) is 4.31 Å². The molecule has 0 spiro atoms. The lowest BCUT2D eigenvalue weighted by atomic mass is 10.0. The molecule has 1 N–H and O–H groups in total. The molecule has 0 aliphatic carbocycles. The smallest absolute Gasteiger partial charge is 0.260 e. The highest BCUT2D eigenvalue weighted by molar-refractivity contribution is 7.88. The Morgan fingerprint density at radius 3 is 2.34 bits per heavy atom. The van der Waals surface area contributed by atoms with Crippen molar-refractivity contribution in [2.75, 3.05) is 39.0 Å². The average Bonchev–Trinajstić information content (AvgIpc) is 2.82. The lowest BCUT2D eigenvalue weighted by Gasteiger charge is -2.30. The summed E-state index contributed by atoms with van der Waals surface area (Å²) in [6.45, 7) is 1.06. The SMILES string of the molecule is CS(=O)(=O)N1CCCN(C(=O)COc2ccccc2)CCNC(=O)CC1c1ccccc1. The van der Waals surface area contributed by atoms with Crippen LogP contribution < -0.4 is 10.1 Å². The van der Waals surface area contributed by atoms with Crippen molar-refractivity contribution in [2.24, 2.45) is 0 Å². The Kier molecular flexibility index (Phi) is 8.24. The molecule has 0 saturated carbocycles. The molecule has 1 heterocycles. The monoisotopic (exact) mass is 459 g/mol. The van der Waals surface area contributed by atoms with Gasteiger partial charge in [0.1, 0.15) is 5.75 Å². The fourth-order valence-corrected chi connectivity index (χ4v) is 4.84. The number of nitrogens with zero attached hydrogens (tertiary/aromatic N) is 2. The van der Waals surface area contributed by atoms with Gasteiger partial charge in [-0.3, -0.25) is 9.59 Å². The summed E-state index contributed by atoms with van der Waals surface area (Å²) in [7, 11) is -3.58. The lowest BCUT2D eigenvalue weighted by molar-refractivity contribution is -0.133. The Bertz CT molecular complexity index is 999. The molecule has 1 atom stereocenters. The summed E-state index contributed by atoms with van der Waals surface area (Å²) in [5.74, 6) is 0.121. The first kappa shape index (κ1) is 23.7. The molecular weight excluding hydrogens is 430 g/mol. The molecule has 1 aliphatic rings. The number of carbonyl (C=O) groups is 2. The van der Waals surface area contributed by atoms with Crippen LogP contribution in [0, 0.1) is 0 Å². The molecule has 8 nitrogen and oxygen atoms in total. The van der Waals surface area contributed by atoms with Crippen LogP contribution in [0.1, 0.15) is 24.4 Å². The summed E-state index contributed by atoms with van der Waals surface area (Å²) < 4.78 is 32.1. The highest BCUT2D eigenvalue weighted by atomic mass is 32.2. The normalized spacial score (nSPS) is 19.0. The van der Waals surface area contributed by atoms with Crippen molar-refractivity contribution in [1.29, 1.82) is 0 Å². The van der Waals surface area contributed by atoms with Gasteiger partial charge in [-0.1, -0.05) is 48.5 Å². The van der Waals surface area contributed by atoms with Gasteiger partial charge in [0.15, 0.2) is 6.61 Å². The molecule has 0 aromatic heterocycles. The van der Waals surface area contributed by atoms with E-state index in [0.29, 0.717) is 25.3 Å². The largest absolute Gasteiger partial charge is 0.484 e. The number of para-hydroxylation sites is 1. The van der Waals surface area contributed by atoms with Gasteiger partial charge in [-0.05, 0) is 24.1 Å². The van der Waals surface area contributed by atoms with E-state index in [-0.39, 0.29) is 37.9 Å². The van der Waals surface area contributed by atoms with Crippen LogP contribution in [-0.2, 0) is 19.6 Å². The summed E-state index contributed by atoms with van der Waals surface area (Å²) >= 11 is 0. The van der Waals surface area contributed by atoms with Gasteiger partial charge in [0.2, 0.25) is 15.9 Å². The standard InChI is InChI=1S/C23H29N3O5S/c1-32(29,30)26-15-8-14-25(23(28)18-31-20-11-6-3-7-12-20)16-13-24-22(27)17-21(26)19-9-4-2-5-10-19/h2-7,9-12,21H,8,13-18H2,1H3,(H,24,27). The molecule has 1 aliphatic heterocycles. The van der Waals surface area contributed by atoms with Crippen LogP contribution in [0.15, 0.2) is 60.7 Å². The van der Waals surface area contributed by atoms with Crippen molar-refractivity contribution in [3.8, 4) is 5.75 Å². The van der Waals surface area contributed by atoms with E-state index in [1.54, 1.807) is 17.0 Å². The Morgan fingerprint density at radius 2 is 1.69 bits per heavy atom. The quantitative estimate of drug-likeness (QED) is 0.736. The zero-order valence-electron chi connectivity index (χ0n) is 18.1. The molecule has 1 unspecified atom stereocenters. The zero-order chi connectivity index (χ0) is 23.0. The predicted octanol–water partition coefficient (Wildman–Crippen LogP) is 1.81. The number of sulfonamides is 1. The second-order valence-electron chi connectivity index (χ2n) is 7.69. The number of hydrogen-bond donors (Lipinski definition) is 1. The number of nitrogens with one attached hydrogen (secondary N) is 1. The van der Waals surface area contributed by atoms with Crippen LogP contribution in [0.3, 0.4) is 0 Å². The summed E-state index contributed by atoms with van der Waals surface area (Å²) in [5.41, 5.74) is 0.761. The van der Waals surface area contributed by atoms with Gasteiger partial charge in [-0.25, -0.2) is 8.42 Å². The number of amides is 2. The average molecular weight is 460 g/mol. The van der Waals surface area contributed by atoms with Crippen molar-refractivity contribution >= 4 is 21.8 Å². The molecule has 1 saturated heterocycles. The minimum absolute atomic E-state index is 0.0160. The number of ether oxygens (including phenoxy) is 1. The molecule has 2 amide bonds. The Morgan fingerprint density at radius 1 is 1.03 bits per heavy atom. The van der Waals surface area contributed by atoms with Gasteiger partial charge < -0.3 is 15.0 Å². The Balaban J connectivity index is 1.73. The predicted molar refractivity (Wildman–Crippen MR) is 121 cm³/mol. The second kappa shape index (κ2) is 11.1. The van der Waals surface area contributed by atoms with Gasteiger partial charge in [0, 0.05) is 32.6 Å². The third kappa shape index (κ3) is 6.80. The first-order valence-electron chi connectivity index (χ1n) is 10.6. The number of benzene rings is 2. The van der Waals surface area contributed by atoms with Crippen molar-refractivity contribution in [3.05, 3.63) is 66.2 Å². The van der Waals surface area contributed by atoms with E-state index in [1.807, 2.05) is 48.5 Å². The van der Waals surface area contributed by atoms with Gasteiger partial charge in [0.05, 0.1) is 12.3 Å². The molecule has 2 aromatic rings. The van der Waals surface area contributed by atoms with Crippen LogP contribution in [0.5, 0.6) is 5.75 Å². The summed E-state index contributed by atoms with van der Waals surface area (Å²) in [6, 6.07) is 17.6. The molecular formula is C23H29N3O5S. The maximum Gasteiger partial charge on any atom is 0.260 e. The molecule has 0 bridgehead atoms. The number of carbonyl (C=O) groups excluding carboxylic acids is 2. The summed E-state index contributed by atoms with van der Waals surface area (Å²) in [6.07, 6.45) is 1.61. The van der Waals surface area contributed by atoms with Crippen LogP contribution in [0.4, 0.5) is 0 Å². The summed E-state index contributed by atoms with van der Waals surface area (Å²) in [5, 5.41) is 2.82. The van der Waals surface area contributed by atoms with Crippen LogP contribution in [0.2, 0.25) is 0 Å². The van der Waals surface area contributed by atoms with Gasteiger partial charge in [-0.15, -0.1) is 0 Å². The second-order valence-corrected chi connectivity index (χ2v) is 9.63. The number of rotatable bonds is 5. The Labute approximate surface area is 189 Å². The third-order valence-electron chi connectivity index (χ3n) is 5.31. The van der Waals surface area contributed by atoms with Crippen molar-refractivity contribution in [1.82, 2.24) is 14.5 Å². The highest BCUT2D eigenvalue weighted by Crippen LogP contribution is 2.27. The lowest BCUT2D eigenvalue weighted by Crippen LogP contribution is -2.41. The maximum atomic E-state index is 12.7. The molecule has 1 fully saturated rings. The molecule has 9 heteroatoms. The minimum atomic E-state index is -3.58. The Hall–Kier alpha value is -2.91. The van der Waals surface area contributed by atoms with Gasteiger partial charge >= 0.3 is 0 Å². The highest BCUT2D eigenvalue weighted by Gasteiger charge is 2.30. The summed E-state index contributed by atoms with van der Waals surface area (Å²) in [4.78, 5) is 26.9. The van der Waals surface area contributed by atoms with Crippen LogP contribution in [0.25, 0.3) is 0 Å². The molecule has 3 rings (SSSR count). The van der Waals surface area contributed by atoms with Crippen molar-refractivity contribution in [2.45, 2.75) is 18.9 Å². The first-order valence-corrected chi connectivity index (χ1v) is 12.4. The fourth-order valence-electron chi connectivity index (χ4n) is 3.72. The van der Waals surface area contributed by atoms with Crippen molar-refractivity contribution < 1.29 is 22.7 Å².